The van der Waals surface area contributed by atoms with Crippen LogP contribution in [-0.2, 0) is 22.4 Å². The van der Waals surface area contributed by atoms with Crippen LogP contribution in [0.25, 0.3) is 0 Å². The minimum absolute atomic E-state index is 0. The van der Waals surface area contributed by atoms with Crippen LogP contribution in [0.5, 0.6) is 0 Å². The Balaban J connectivity index is 0.00000342. The molecule has 0 unspecified atom stereocenters. The van der Waals surface area contributed by atoms with Gasteiger partial charge in [-0.2, -0.15) is 0 Å². The van der Waals surface area contributed by atoms with Gasteiger partial charge in [-0.1, -0.05) is 13.0 Å². The number of benzene rings is 1. The highest BCUT2D eigenvalue weighted by Gasteiger charge is 2.36. The molecule has 1 aliphatic carbocycles. The number of hydrogen-bond acceptors (Lipinski definition) is 4. The molecule has 1 aromatic rings. The summed E-state index contributed by atoms with van der Waals surface area (Å²) in [7, 11) is 0. The van der Waals surface area contributed by atoms with Crippen LogP contribution in [0, 0.1) is 5.92 Å². The SMILES string of the molecule is CCCN1CCc2ccc(N3CCN([C@H]4CC[C@H](CCC(=O)OC(C)C)CC4)C3=O)cc2CC1.Cl. The number of carbonyl (C=O) groups is 2. The van der Waals surface area contributed by atoms with Gasteiger partial charge in [-0.05, 0) is 101 Å². The molecule has 35 heavy (non-hydrogen) atoms. The van der Waals surface area contributed by atoms with Gasteiger partial charge in [-0.3, -0.25) is 9.69 Å². The third-order valence-electron chi connectivity index (χ3n) is 7.86. The molecule has 2 fully saturated rings. The number of rotatable bonds is 8. The molecule has 0 atom stereocenters. The van der Waals surface area contributed by atoms with Crippen molar-refractivity contribution in [2.24, 2.45) is 5.92 Å². The highest BCUT2D eigenvalue weighted by molar-refractivity contribution is 5.94. The van der Waals surface area contributed by atoms with Gasteiger partial charge in [0.05, 0.1) is 6.10 Å². The molecule has 1 saturated carbocycles. The van der Waals surface area contributed by atoms with E-state index in [1.807, 2.05) is 18.7 Å². The van der Waals surface area contributed by atoms with Crippen molar-refractivity contribution in [2.45, 2.75) is 90.7 Å². The number of urea groups is 1. The molecule has 3 aliphatic rings. The Labute approximate surface area is 217 Å². The Morgan fingerprint density at radius 2 is 1.74 bits per heavy atom. The molecule has 4 rings (SSSR count). The Bertz CT molecular complexity index is 854. The number of fused-ring (bicyclic) bond motifs is 1. The van der Waals surface area contributed by atoms with Crippen LogP contribution in [0.3, 0.4) is 0 Å². The van der Waals surface area contributed by atoms with E-state index in [4.69, 9.17) is 4.74 Å². The van der Waals surface area contributed by atoms with E-state index in [9.17, 15) is 9.59 Å². The lowest BCUT2D eigenvalue weighted by Gasteiger charge is -2.34. The van der Waals surface area contributed by atoms with Crippen molar-refractivity contribution in [2.75, 3.05) is 37.6 Å². The van der Waals surface area contributed by atoms with Gasteiger partial charge in [0.25, 0.3) is 0 Å². The van der Waals surface area contributed by atoms with E-state index in [0.717, 1.165) is 76.8 Å². The first kappa shape index (κ1) is 27.8. The van der Waals surface area contributed by atoms with Crippen LogP contribution in [0.2, 0.25) is 0 Å². The molecule has 7 heteroatoms. The standard InChI is InChI=1S/C28H43N3O3.ClH/c1-4-15-29-16-13-23-8-11-26(20-24(23)14-17-29)31-19-18-30(28(31)33)25-9-5-22(6-10-25)7-12-27(32)34-21(2)3;/h8,11,20-22,25H,4-7,9-10,12-19H2,1-3H3;1H/t22-,25-;. The number of halogens is 1. The molecule has 196 valence electrons. The predicted molar refractivity (Wildman–Crippen MR) is 143 cm³/mol. The lowest BCUT2D eigenvalue weighted by Crippen LogP contribution is -2.41. The average molecular weight is 506 g/mol. The van der Waals surface area contributed by atoms with Gasteiger partial charge in [0.1, 0.15) is 0 Å². The number of amides is 2. The van der Waals surface area contributed by atoms with Crippen molar-refractivity contribution in [3.63, 3.8) is 0 Å². The minimum atomic E-state index is -0.0821. The number of carbonyl (C=O) groups excluding carboxylic acids is 2. The van der Waals surface area contributed by atoms with E-state index in [2.05, 4.69) is 34.9 Å². The third kappa shape index (κ3) is 7.13. The van der Waals surface area contributed by atoms with E-state index < -0.39 is 0 Å². The monoisotopic (exact) mass is 505 g/mol. The van der Waals surface area contributed by atoms with E-state index in [1.165, 1.54) is 24.1 Å². The van der Waals surface area contributed by atoms with Crippen LogP contribution in [-0.4, -0.2) is 66.7 Å². The second-order valence-corrected chi connectivity index (χ2v) is 10.7. The lowest BCUT2D eigenvalue weighted by molar-refractivity contribution is -0.147. The molecular weight excluding hydrogens is 462 g/mol. The number of anilines is 1. The predicted octanol–water partition coefficient (Wildman–Crippen LogP) is 5.45. The molecule has 0 bridgehead atoms. The Hall–Kier alpha value is -1.79. The number of ether oxygens (including phenoxy) is 1. The Morgan fingerprint density at radius 1 is 1.03 bits per heavy atom. The summed E-state index contributed by atoms with van der Waals surface area (Å²) >= 11 is 0. The van der Waals surface area contributed by atoms with Gasteiger partial charge < -0.3 is 14.5 Å². The van der Waals surface area contributed by atoms with Crippen LogP contribution in [0.15, 0.2) is 18.2 Å². The van der Waals surface area contributed by atoms with Crippen molar-refractivity contribution in [3.8, 4) is 0 Å². The maximum absolute atomic E-state index is 13.4. The largest absolute Gasteiger partial charge is 0.463 e. The summed E-state index contributed by atoms with van der Waals surface area (Å²) in [4.78, 5) is 31.9. The number of esters is 1. The van der Waals surface area contributed by atoms with Crippen LogP contribution >= 0.6 is 12.4 Å². The third-order valence-corrected chi connectivity index (χ3v) is 7.86. The first-order valence-electron chi connectivity index (χ1n) is 13.6. The molecule has 1 saturated heterocycles. The van der Waals surface area contributed by atoms with Gasteiger partial charge in [0.2, 0.25) is 0 Å². The molecule has 1 aromatic carbocycles. The Kier molecular flexibility index (Phi) is 10.3. The minimum Gasteiger partial charge on any atom is -0.463 e. The van der Waals surface area contributed by atoms with Crippen LogP contribution < -0.4 is 4.90 Å². The van der Waals surface area contributed by atoms with Gasteiger partial charge in [0, 0.05) is 44.3 Å². The molecule has 0 spiro atoms. The average Bonchev–Trinajstić information content (AvgIpc) is 3.08. The van der Waals surface area contributed by atoms with Gasteiger partial charge >= 0.3 is 12.0 Å². The summed E-state index contributed by atoms with van der Waals surface area (Å²) in [5, 5.41) is 0. The van der Waals surface area contributed by atoms with Gasteiger partial charge in [-0.25, -0.2) is 4.79 Å². The first-order chi connectivity index (χ1) is 16.4. The highest BCUT2D eigenvalue weighted by atomic mass is 35.5. The fourth-order valence-electron chi connectivity index (χ4n) is 5.99. The fraction of sp³-hybridized carbons (Fsp3) is 0.714. The van der Waals surface area contributed by atoms with Crippen molar-refractivity contribution < 1.29 is 14.3 Å². The van der Waals surface area contributed by atoms with Gasteiger partial charge in [0.15, 0.2) is 0 Å². The van der Waals surface area contributed by atoms with Crippen LogP contribution in [0.1, 0.15) is 76.8 Å². The number of hydrogen-bond donors (Lipinski definition) is 0. The van der Waals surface area contributed by atoms with E-state index >= 15 is 0 Å². The summed E-state index contributed by atoms with van der Waals surface area (Å²) < 4.78 is 5.27. The molecule has 0 N–H and O–H groups in total. The van der Waals surface area contributed by atoms with Crippen molar-refractivity contribution >= 4 is 30.1 Å². The fourth-order valence-corrected chi connectivity index (χ4v) is 5.99. The van der Waals surface area contributed by atoms with Gasteiger partial charge in [-0.15, -0.1) is 12.4 Å². The zero-order valence-electron chi connectivity index (χ0n) is 21.8. The summed E-state index contributed by atoms with van der Waals surface area (Å²) in [5.74, 6) is 0.489. The molecule has 2 amide bonds. The van der Waals surface area contributed by atoms with E-state index in [-0.39, 0.29) is 30.5 Å². The summed E-state index contributed by atoms with van der Waals surface area (Å²) in [5.41, 5.74) is 3.92. The summed E-state index contributed by atoms with van der Waals surface area (Å²) in [6, 6.07) is 7.19. The van der Waals surface area contributed by atoms with E-state index in [1.54, 1.807) is 0 Å². The Morgan fingerprint density at radius 3 is 2.43 bits per heavy atom. The molecule has 0 aromatic heterocycles. The quantitative estimate of drug-likeness (QED) is 0.441. The zero-order valence-corrected chi connectivity index (χ0v) is 22.7. The second kappa shape index (κ2) is 13.0. The maximum atomic E-state index is 13.4. The van der Waals surface area contributed by atoms with Crippen LogP contribution in [0.4, 0.5) is 10.5 Å². The van der Waals surface area contributed by atoms with Crippen molar-refractivity contribution in [1.82, 2.24) is 9.80 Å². The summed E-state index contributed by atoms with van der Waals surface area (Å²) in [6.07, 6.45) is 9.03. The topological polar surface area (TPSA) is 53.1 Å². The molecule has 2 aliphatic heterocycles. The summed E-state index contributed by atoms with van der Waals surface area (Å²) in [6.45, 7) is 11.1. The zero-order chi connectivity index (χ0) is 24.1. The first-order valence-corrected chi connectivity index (χ1v) is 13.6. The van der Waals surface area contributed by atoms with Crippen molar-refractivity contribution in [3.05, 3.63) is 29.3 Å². The normalized spacial score (nSPS) is 23.1. The molecular formula is C28H44ClN3O3. The second-order valence-electron chi connectivity index (χ2n) is 10.7. The molecule has 0 radical (unpaired) electrons. The highest BCUT2D eigenvalue weighted by Crippen LogP contribution is 2.34. The number of nitrogens with zero attached hydrogens (tertiary/aromatic N) is 3. The smallest absolute Gasteiger partial charge is 0.324 e. The van der Waals surface area contributed by atoms with Crippen molar-refractivity contribution in [1.29, 1.82) is 0 Å². The molecule has 6 nitrogen and oxygen atoms in total. The van der Waals surface area contributed by atoms with E-state index in [0.29, 0.717) is 18.4 Å². The molecule has 2 heterocycles. The maximum Gasteiger partial charge on any atom is 0.324 e. The lowest BCUT2D eigenvalue weighted by atomic mass is 9.83.